The van der Waals surface area contributed by atoms with Gasteiger partial charge in [0.15, 0.2) is 6.61 Å². The van der Waals surface area contributed by atoms with Crippen molar-refractivity contribution in [1.82, 2.24) is 0 Å². The quantitative estimate of drug-likeness (QED) is 0.336. The van der Waals surface area contributed by atoms with E-state index in [1.165, 1.54) is 5.56 Å². The summed E-state index contributed by atoms with van der Waals surface area (Å²) in [6.07, 6.45) is 1.81. The Hall–Kier alpha value is -2.53. The zero-order chi connectivity index (χ0) is 25.2. The summed E-state index contributed by atoms with van der Waals surface area (Å²) in [5, 5.41) is 1.33. The number of hydrogen-bond donors (Lipinski definition) is 0. The fourth-order valence-corrected chi connectivity index (χ4v) is 6.04. The van der Waals surface area contributed by atoms with E-state index in [0.717, 1.165) is 29.7 Å². The van der Waals surface area contributed by atoms with Crippen LogP contribution in [0.4, 0.5) is 5.69 Å². The largest absolute Gasteiger partial charge is 0.484 e. The first-order chi connectivity index (χ1) is 17.4. The van der Waals surface area contributed by atoms with E-state index in [-0.39, 0.29) is 24.5 Å². The minimum atomic E-state index is -0.0444. The molecule has 1 fully saturated rings. The Bertz CT molecular complexity index is 1240. The van der Waals surface area contributed by atoms with Crippen molar-refractivity contribution in [3.8, 4) is 5.75 Å². The van der Waals surface area contributed by atoms with E-state index >= 15 is 0 Å². The number of carbonyl (C=O) groups is 1. The van der Waals surface area contributed by atoms with Crippen LogP contribution in [-0.2, 0) is 16.0 Å². The third kappa shape index (κ3) is 5.27. The van der Waals surface area contributed by atoms with Crippen LogP contribution in [0.25, 0.3) is 0 Å². The Morgan fingerprint density at radius 2 is 1.92 bits per heavy atom. The molecular formula is C30H31Cl2NO3. The van der Waals surface area contributed by atoms with Gasteiger partial charge >= 0.3 is 0 Å². The van der Waals surface area contributed by atoms with Crippen molar-refractivity contribution >= 4 is 34.8 Å². The Morgan fingerprint density at radius 1 is 1.08 bits per heavy atom. The molecule has 5 rings (SSSR count). The van der Waals surface area contributed by atoms with Crippen molar-refractivity contribution in [2.24, 2.45) is 11.8 Å². The molecule has 188 valence electrons. The number of amides is 1. The van der Waals surface area contributed by atoms with Crippen molar-refractivity contribution in [2.75, 3.05) is 24.7 Å². The summed E-state index contributed by atoms with van der Waals surface area (Å²) >= 11 is 12.6. The van der Waals surface area contributed by atoms with E-state index in [1.54, 1.807) is 6.07 Å². The number of nitrogens with zero attached hydrogens (tertiary/aromatic N) is 1. The molecule has 2 aliphatic rings. The molecule has 0 unspecified atom stereocenters. The van der Waals surface area contributed by atoms with Crippen molar-refractivity contribution in [3.05, 3.63) is 93.5 Å². The van der Waals surface area contributed by atoms with Crippen LogP contribution in [0.2, 0.25) is 10.0 Å². The van der Waals surface area contributed by atoms with Crippen LogP contribution in [0.5, 0.6) is 5.75 Å². The van der Waals surface area contributed by atoms with Crippen LogP contribution in [0, 0.1) is 11.8 Å². The van der Waals surface area contributed by atoms with Crippen molar-refractivity contribution in [3.63, 3.8) is 0 Å². The average Bonchev–Trinajstić information content (AvgIpc) is 3.31. The molecule has 0 spiro atoms. The Morgan fingerprint density at radius 3 is 2.72 bits per heavy atom. The molecule has 1 amide bonds. The molecular weight excluding hydrogens is 493 g/mol. The lowest BCUT2D eigenvalue weighted by atomic mass is 9.76. The van der Waals surface area contributed by atoms with Crippen molar-refractivity contribution in [1.29, 1.82) is 0 Å². The van der Waals surface area contributed by atoms with Gasteiger partial charge < -0.3 is 14.4 Å². The normalized spacial score (nSPS) is 21.5. The predicted octanol–water partition coefficient (Wildman–Crippen LogP) is 7.48. The van der Waals surface area contributed by atoms with Gasteiger partial charge in [0, 0.05) is 28.2 Å². The summed E-state index contributed by atoms with van der Waals surface area (Å²) in [5.74, 6) is 1.61. The highest BCUT2D eigenvalue weighted by Crippen LogP contribution is 2.45. The second-order valence-corrected chi connectivity index (χ2v) is 10.9. The van der Waals surface area contributed by atoms with Gasteiger partial charge in [-0.1, -0.05) is 73.4 Å². The number of para-hydroxylation sites is 1. The van der Waals surface area contributed by atoms with Crippen LogP contribution in [0.3, 0.4) is 0 Å². The van der Waals surface area contributed by atoms with Gasteiger partial charge in [-0.3, -0.25) is 4.79 Å². The average molecular weight is 524 g/mol. The molecule has 36 heavy (non-hydrogen) atoms. The van der Waals surface area contributed by atoms with Gasteiger partial charge in [-0.2, -0.15) is 0 Å². The van der Waals surface area contributed by atoms with E-state index in [1.807, 2.05) is 53.4 Å². The molecule has 0 aliphatic carbocycles. The second kappa shape index (κ2) is 10.8. The first-order valence-corrected chi connectivity index (χ1v) is 13.3. The standard InChI is InChI=1S/C30H31Cl2NO3/c1-19(2)26-15-22(25-11-10-23(31)16-27(25)32)17-36-30(26)21-7-5-8-24(14-21)35-18-29(34)33-13-12-20-6-3-4-9-28(20)33/h3-11,14,16,19,22,26,30H,12-13,15,17-18H2,1-2H3/t22-,26-,30-/m0/s1. The van der Waals surface area contributed by atoms with Gasteiger partial charge in [0.1, 0.15) is 5.75 Å². The highest BCUT2D eigenvalue weighted by atomic mass is 35.5. The maximum atomic E-state index is 12.9. The lowest BCUT2D eigenvalue weighted by Gasteiger charge is -2.39. The van der Waals surface area contributed by atoms with Crippen LogP contribution < -0.4 is 9.64 Å². The summed E-state index contributed by atoms with van der Waals surface area (Å²) < 4.78 is 12.4. The number of anilines is 1. The van der Waals surface area contributed by atoms with Crippen molar-refractivity contribution < 1.29 is 14.3 Å². The number of benzene rings is 3. The molecule has 0 N–H and O–H groups in total. The molecule has 3 aromatic rings. The Balaban J connectivity index is 1.27. The second-order valence-electron chi connectivity index (χ2n) is 10.0. The van der Waals surface area contributed by atoms with Gasteiger partial charge in [0.25, 0.3) is 5.91 Å². The number of carbonyl (C=O) groups excluding carboxylic acids is 1. The van der Waals surface area contributed by atoms with E-state index in [4.69, 9.17) is 32.7 Å². The smallest absolute Gasteiger partial charge is 0.264 e. The zero-order valence-electron chi connectivity index (χ0n) is 20.6. The summed E-state index contributed by atoms with van der Waals surface area (Å²) in [6, 6.07) is 21.7. The van der Waals surface area contributed by atoms with Crippen LogP contribution in [-0.4, -0.2) is 25.7 Å². The Labute approximate surface area is 223 Å². The van der Waals surface area contributed by atoms with Crippen LogP contribution in [0.15, 0.2) is 66.7 Å². The third-order valence-corrected chi connectivity index (χ3v) is 7.98. The fourth-order valence-electron chi connectivity index (χ4n) is 5.48. The number of fused-ring (bicyclic) bond motifs is 1. The van der Waals surface area contributed by atoms with E-state index in [0.29, 0.717) is 40.8 Å². The molecule has 1 saturated heterocycles. The molecule has 3 aromatic carbocycles. The number of halogens is 2. The zero-order valence-corrected chi connectivity index (χ0v) is 22.1. The summed E-state index contributed by atoms with van der Waals surface area (Å²) in [6.45, 7) is 5.77. The molecule has 0 aromatic heterocycles. The maximum absolute atomic E-state index is 12.9. The molecule has 2 heterocycles. The minimum absolute atomic E-state index is 0.00800. The minimum Gasteiger partial charge on any atom is -0.484 e. The fraction of sp³-hybridized carbons (Fsp3) is 0.367. The van der Waals surface area contributed by atoms with Crippen LogP contribution in [0.1, 0.15) is 49.0 Å². The first kappa shape index (κ1) is 25.1. The topological polar surface area (TPSA) is 38.8 Å². The van der Waals surface area contributed by atoms with Gasteiger partial charge in [-0.25, -0.2) is 0 Å². The van der Waals surface area contributed by atoms with Gasteiger partial charge in [0.05, 0.1) is 12.7 Å². The van der Waals surface area contributed by atoms with Crippen LogP contribution >= 0.6 is 23.2 Å². The lowest BCUT2D eigenvalue weighted by Crippen LogP contribution is -2.33. The lowest BCUT2D eigenvalue weighted by molar-refractivity contribution is -0.120. The number of hydrogen-bond acceptors (Lipinski definition) is 3. The summed E-state index contributed by atoms with van der Waals surface area (Å²) in [5.41, 5.74) is 4.36. The molecule has 0 bridgehead atoms. The molecule has 3 atom stereocenters. The van der Waals surface area contributed by atoms with E-state index < -0.39 is 0 Å². The van der Waals surface area contributed by atoms with Gasteiger partial charge in [-0.15, -0.1) is 0 Å². The van der Waals surface area contributed by atoms with E-state index in [2.05, 4.69) is 26.0 Å². The molecule has 6 heteroatoms. The van der Waals surface area contributed by atoms with E-state index in [9.17, 15) is 4.79 Å². The maximum Gasteiger partial charge on any atom is 0.264 e. The predicted molar refractivity (Wildman–Crippen MR) is 145 cm³/mol. The molecule has 4 nitrogen and oxygen atoms in total. The summed E-state index contributed by atoms with van der Waals surface area (Å²) in [7, 11) is 0. The molecule has 0 radical (unpaired) electrons. The Kier molecular flexibility index (Phi) is 7.57. The molecule has 0 saturated carbocycles. The van der Waals surface area contributed by atoms with Crippen molar-refractivity contribution in [2.45, 2.75) is 38.7 Å². The van der Waals surface area contributed by atoms with Gasteiger partial charge in [-0.05, 0) is 71.7 Å². The monoisotopic (exact) mass is 523 g/mol. The molecule has 2 aliphatic heterocycles. The SMILES string of the molecule is CC(C)[C@@H]1C[C@H](c2ccc(Cl)cc2Cl)CO[C@H]1c1cccc(OCC(=O)N2CCc3ccccc32)c1. The van der Waals surface area contributed by atoms with Gasteiger partial charge in [0.2, 0.25) is 0 Å². The third-order valence-electron chi connectivity index (χ3n) is 7.42. The number of ether oxygens (including phenoxy) is 2. The summed E-state index contributed by atoms with van der Waals surface area (Å²) in [4.78, 5) is 14.7. The first-order valence-electron chi connectivity index (χ1n) is 12.6. The number of rotatable bonds is 6. The highest BCUT2D eigenvalue weighted by Gasteiger charge is 2.36. The highest BCUT2D eigenvalue weighted by molar-refractivity contribution is 6.35.